The number of carbonyl (C=O) groups is 1. The maximum Gasteiger partial charge on any atom is 0.228 e. The highest BCUT2D eigenvalue weighted by atomic mass is 19.2. The van der Waals surface area contributed by atoms with Gasteiger partial charge in [-0.3, -0.25) is 4.79 Å². The van der Waals surface area contributed by atoms with Crippen LogP contribution in [0.1, 0.15) is 5.56 Å². The van der Waals surface area contributed by atoms with E-state index in [9.17, 15) is 18.0 Å². The zero-order chi connectivity index (χ0) is 13.8. The summed E-state index contributed by atoms with van der Waals surface area (Å²) in [6, 6.07) is 10.4. The minimum Gasteiger partial charge on any atom is -0.326 e. The Morgan fingerprint density at radius 2 is 1.63 bits per heavy atom. The molecule has 2 aromatic carbocycles. The Kier molecular flexibility index (Phi) is 3.85. The summed E-state index contributed by atoms with van der Waals surface area (Å²) in [6.07, 6.45) is -0.363. The van der Waals surface area contributed by atoms with Crippen LogP contribution >= 0.6 is 0 Å². The molecular formula is C14H10F3NO. The molecule has 0 bridgehead atoms. The second-order valence-corrected chi connectivity index (χ2v) is 3.93. The van der Waals surface area contributed by atoms with Gasteiger partial charge in [0.25, 0.3) is 0 Å². The summed E-state index contributed by atoms with van der Waals surface area (Å²) in [5.41, 5.74) is 0.364. The van der Waals surface area contributed by atoms with Crippen LogP contribution in [0.3, 0.4) is 0 Å². The number of para-hydroxylation sites is 1. The smallest absolute Gasteiger partial charge is 0.228 e. The van der Waals surface area contributed by atoms with Crippen molar-refractivity contribution >= 4 is 11.6 Å². The molecule has 19 heavy (non-hydrogen) atoms. The molecule has 0 aliphatic rings. The van der Waals surface area contributed by atoms with E-state index in [1.54, 1.807) is 30.3 Å². The van der Waals surface area contributed by atoms with E-state index in [4.69, 9.17) is 0 Å². The molecule has 0 radical (unpaired) electrons. The molecule has 0 saturated carbocycles. The van der Waals surface area contributed by atoms with E-state index < -0.39 is 23.4 Å². The summed E-state index contributed by atoms with van der Waals surface area (Å²) in [5.74, 6) is -4.67. The van der Waals surface area contributed by atoms with Gasteiger partial charge in [-0.2, -0.15) is 0 Å². The Morgan fingerprint density at radius 3 is 2.32 bits per heavy atom. The molecule has 0 heterocycles. The van der Waals surface area contributed by atoms with Gasteiger partial charge in [-0.1, -0.05) is 24.3 Å². The average Bonchev–Trinajstić information content (AvgIpc) is 2.41. The molecule has 98 valence electrons. The predicted molar refractivity (Wildman–Crippen MR) is 65.1 cm³/mol. The van der Waals surface area contributed by atoms with Crippen molar-refractivity contribution in [3.63, 3.8) is 0 Å². The minimum absolute atomic E-state index is 0.188. The van der Waals surface area contributed by atoms with E-state index in [0.29, 0.717) is 5.69 Å². The van der Waals surface area contributed by atoms with Crippen LogP contribution in [0.15, 0.2) is 42.5 Å². The lowest BCUT2D eigenvalue weighted by atomic mass is 10.1. The van der Waals surface area contributed by atoms with E-state index in [2.05, 4.69) is 5.32 Å². The third kappa shape index (κ3) is 3.13. The van der Waals surface area contributed by atoms with Crippen LogP contribution in [0.4, 0.5) is 18.9 Å². The first kappa shape index (κ1) is 13.1. The van der Waals surface area contributed by atoms with Crippen molar-refractivity contribution in [1.82, 2.24) is 0 Å². The molecule has 1 N–H and O–H groups in total. The number of halogens is 3. The van der Waals surface area contributed by atoms with Gasteiger partial charge < -0.3 is 5.32 Å². The molecule has 0 atom stereocenters. The van der Waals surface area contributed by atoms with Gasteiger partial charge in [-0.05, 0) is 18.2 Å². The molecule has 0 aromatic heterocycles. The molecule has 1 amide bonds. The van der Waals surface area contributed by atoms with Crippen molar-refractivity contribution in [2.75, 3.05) is 5.32 Å². The van der Waals surface area contributed by atoms with E-state index in [1.165, 1.54) is 0 Å². The molecule has 0 fully saturated rings. The maximum absolute atomic E-state index is 13.4. The van der Waals surface area contributed by atoms with Crippen LogP contribution in [0.2, 0.25) is 0 Å². The Balaban J connectivity index is 2.10. The fourth-order valence-corrected chi connectivity index (χ4v) is 1.60. The molecule has 0 spiro atoms. The minimum atomic E-state index is -1.56. The highest BCUT2D eigenvalue weighted by Crippen LogP contribution is 2.16. The predicted octanol–water partition coefficient (Wildman–Crippen LogP) is 3.29. The van der Waals surface area contributed by atoms with E-state index >= 15 is 0 Å². The van der Waals surface area contributed by atoms with Crippen LogP contribution in [0.5, 0.6) is 0 Å². The number of benzene rings is 2. The number of carbonyl (C=O) groups excluding carboxylic acids is 1. The van der Waals surface area contributed by atoms with Crippen LogP contribution in [0.25, 0.3) is 0 Å². The van der Waals surface area contributed by atoms with Gasteiger partial charge in [0.15, 0.2) is 17.5 Å². The monoisotopic (exact) mass is 265 g/mol. The van der Waals surface area contributed by atoms with E-state index in [1.807, 2.05) is 0 Å². The largest absolute Gasteiger partial charge is 0.326 e. The molecule has 5 heteroatoms. The Labute approximate surface area is 107 Å². The molecule has 2 rings (SSSR count). The summed E-state index contributed by atoms with van der Waals surface area (Å²) < 4.78 is 39.1. The van der Waals surface area contributed by atoms with Gasteiger partial charge in [0.2, 0.25) is 5.91 Å². The number of hydrogen-bond acceptors (Lipinski definition) is 1. The molecule has 0 aliphatic heterocycles. The standard InChI is InChI=1S/C14H10F3NO/c15-11-7-6-9(13(16)14(11)17)8-12(19)18-10-4-2-1-3-5-10/h1-7H,8H2,(H,18,19). The SMILES string of the molecule is O=C(Cc1ccc(F)c(F)c1F)Nc1ccccc1. The molecule has 0 aliphatic carbocycles. The van der Waals surface area contributed by atoms with Crippen molar-refractivity contribution in [2.24, 2.45) is 0 Å². The topological polar surface area (TPSA) is 29.1 Å². The van der Waals surface area contributed by atoms with Gasteiger partial charge in [-0.15, -0.1) is 0 Å². The lowest BCUT2D eigenvalue weighted by molar-refractivity contribution is -0.115. The van der Waals surface area contributed by atoms with Gasteiger partial charge in [0.05, 0.1) is 6.42 Å². The van der Waals surface area contributed by atoms with Crippen LogP contribution in [-0.4, -0.2) is 5.91 Å². The van der Waals surface area contributed by atoms with Crippen molar-refractivity contribution in [3.05, 3.63) is 65.5 Å². The van der Waals surface area contributed by atoms with Gasteiger partial charge in [0, 0.05) is 11.3 Å². The first-order chi connectivity index (χ1) is 9.08. The fourth-order valence-electron chi connectivity index (χ4n) is 1.60. The first-order valence-electron chi connectivity index (χ1n) is 5.55. The highest BCUT2D eigenvalue weighted by Gasteiger charge is 2.15. The van der Waals surface area contributed by atoms with Crippen molar-refractivity contribution in [1.29, 1.82) is 0 Å². The number of amides is 1. The molecular weight excluding hydrogens is 255 g/mol. The number of hydrogen-bond donors (Lipinski definition) is 1. The third-order valence-corrected chi connectivity index (χ3v) is 2.52. The summed E-state index contributed by atoms with van der Waals surface area (Å²) >= 11 is 0. The molecule has 0 saturated heterocycles. The summed E-state index contributed by atoms with van der Waals surface area (Å²) in [7, 11) is 0. The number of anilines is 1. The van der Waals surface area contributed by atoms with Crippen LogP contribution < -0.4 is 5.32 Å². The molecule has 0 unspecified atom stereocenters. The maximum atomic E-state index is 13.4. The van der Waals surface area contributed by atoms with Gasteiger partial charge in [0.1, 0.15) is 0 Å². The first-order valence-corrected chi connectivity index (χ1v) is 5.55. The third-order valence-electron chi connectivity index (χ3n) is 2.52. The summed E-state index contributed by atoms with van der Waals surface area (Å²) in [6.45, 7) is 0. The zero-order valence-corrected chi connectivity index (χ0v) is 9.79. The van der Waals surface area contributed by atoms with E-state index in [-0.39, 0.29) is 12.0 Å². The second kappa shape index (κ2) is 5.56. The highest BCUT2D eigenvalue weighted by molar-refractivity contribution is 5.92. The van der Waals surface area contributed by atoms with Crippen LogP contribution in [0, 0.1) is 17.5 Å². The number of nitrogens with one attached hydrogen (secondary N) is 1. The Morgan fingerprint density at radius 1 is 0.947 bits per heavy atom. The quantitative estimate of drug-likeness (QED) is 0.848. The van der Waals surface area contributed by atoms with Crippen molar-refractivity contribution in [2.45, 2.75) is 6.42 Å². The van der Waals surface area contributed by atoms with Crippen molar-refractivity contribution in [3.8, 4) is 0 Å². The van der Waals surface area contributed by atoms with Crippen molar-refractivity contribution < 1.29 is 18.0 Å². The van der Waals surface area contributed by atoms with Crippen LogP contribution in [-0.2, 0) is 11.2 Å². The second-order valence-electron chi connectivity index (χ2n) is 3.93. The Bertz CT molecular complexity index is 599. The fraction of sp³-hybridized carbons (Fsp3) is 0.0714. The van der Waals surface area contributed by atoms with E-state index in [0.717, 1.165) is 12.1 Å². The molecule has 2 aromatic rings. The normalized spacial score (nSPS) is 10.3. The number of rotatable bonds is 3. The Hall–Kier alpha value is -2.30. The van der Waals surface area contributed by atoms with Gasteiger partial charge in [-0.25, -0.2) is 13.2 Å². The summed E-state index contributed by atoms with van der Waals surface area (Å²) in [5, 5.41) is 2.53. The summed E-state index contributed by atoms with van der Waals surface area (Å²) in [4.78, 5) is 11.6. The lowest BCUT2D eigenvalue weighted by Gasteiger charge is -2.06. The average molecular weight is 265 g/mol. The zero-order valence-electron chi connectivity index (χ0n) is 9.79. The lowest BCUT2D eigenvalue weighted by Crippen LogP contribution is -2.15. The molecule has 2 nitrogen and oxygen atoms in total. The van der Waals surface area contributed by atoms with Gasteiger partial charge >= 0.3 is 0 Å².